The zero-order valence-corrected chi connectivity index (χ0v) is 14.5. The van der Waals surface area contributed by atoms with Gasteiger partial charge in [-0.05, 0) is 39.8 Å². The van der Waals surface area contributed by atoms with Gasteiger partial charge >= 0.3 is 12.1 Å². The maximum Gasteiger partial charge on any atom is 0.408 e. The summed E-state index contributed by atoms with van der Waals surface area (Å²) in [5, 5.41) is 3.43. The van der Waals surface area contributed by atoms with Gasteiger partial charge in [-0.1, -0.05) is 0 Å². The number of fused-ring (bicyclic) bond motifs is 1. The molecule has 0 radical (unpaired) electrons. The topological polar surface area (TPSA) is 97.5 Å². The van der Waals surface area contributed by atoms with Crippen molar-refractivity contribution in [2.75, 3.05) is 5.75 Å². The molecule has 0 spiro atoms. The van der Waals surface area contributed by atoms with Crippen LogP contribution in [0, 0.1) is 0 Å². The first-order valence-corrected chi connectivity index (χ1v) is 8.25. The van der Waals surface area contributed by atoms with Gasteiger partial charge < -0.3 is 19.6 Å². The van der Waals surface area contributed by atoms with Crippen LogP contribution in [0.1, 0.15) is 40.0 Å². The highest BCUT2D eigenvalue weighted by molar-refractivity contribution is 7.58. The fourth-order valence-corrected chi connectivity index (χ4v) is 2.46. The van der Waals surface area contributed by atoms with E-state index in [9.17, 15) is 14.4 Å². The Kier molecular flexibility index (Phi) is 5.41. The first kappa shape index (κ1) is 17.9. The largest absolute Gasteiger partial charge is 0.444 e. The van der Waals surface area contributed by atoms with Crippen LogP contribution in [0.5, 0.6) is 0 Å². The van der Waals surface area contributed by atoms with Gasteiger partial charge in [0.15, 0.2) is 6.23 Å². The number of hydrogen-bond acceptors (Lipinski definition) is 6. The maximum atomic E-state index is 12.2. The van der Waals surface area contributed by atoms with E-state index in [-0.39, 0.29) is 18.4 Å². The molecule has 2 fully saturated rings. The number of carbonyl (C=O) groups is 3. The lowest BCUT2D eigenvalue weighted by atomic mass is 10.1. The molecule has 0 bridgehead atoms. The Morgan fingerprint density at radius 3 is 2.78 bits per heavy atom. The second-order valence-electron chi connectivity index (χ2n) is 6.47. The lowest BCUT2D eigenvalue weighted by Crippen LogP contribution is -2.48. The smallest absolute Gasteiger partial charge is 0.408 e. The summed E-state index contributed by atoms with van der Waals surface area (Å²) in [6.07, 6.45) is -0.0643. The Bertz CT molecular complexity index is 492. The highest BCUT2D eigenvalue weighted by Crippen LogP contribution is 2.35. The van der Waals surface area contributed by atoms with Gasteiger partial charge in [-0.2, -0.15) is 0 Å². The van der Waals surface area contributed by atoms with E-state index in [0.29, 0.717) is 18.6 Å². The van der Waals surface area contributed by atoms with Crippen molar-refractivity contribution >= 4 is 30.6 Å². The van der Waals surface area contributed by atoms with Crippen molar-refractivity contribution in [2.24, 2.45) is 0 Å². The van der Waals surface area contributed by atoms with E-state index in [1.54, 1.807) is 20.8 Å². The van der Waals surface area contributed by atoms with Crippen molar-refractivity contribution in [2.45, 2.75) is 64.0 Å². The number of alkyl carbamates (subject to hydrolysis) is 1. The molecule has 2 amide bonds. The Morgan fingerprint density at radius 2 is 2.17 bits per heavy atom. The van der Waals surface area contributed by atoms with Crippen molar-refractivity contribution in [3.05, 3.63) is 0 Å². The fourth-order valence-electron chi connectivity index (χ4n) is 2.17. The van der Waals surface area contributed by atoms with E-state index in [1.165, 1.54) is 0 Å². The van der Waals surface area contributed by atoms with E-state index in [0.717, 1.165) is 5.06 Å². The number of amides is 2. The van der Waals surface area contributed by atoms with Gasteiger partial charge in [-0.3, -0.25) is 4.79 Å². The lowest BCUT2D eigenvalue weighted by molar-refractivity contribution is -0.209. The summed E-state index contributed by atoms with van der Waals surface area (Å²) in [4.78, 5) is 41.0. The second-order valence-corrected chi connectivity index (χ2v) is 6.97. The van der Waals surface area contributed by atoms with Crippen LogP contribution >= 0.6 is 0 Å². The van der Waals surface area contributed by atoms with Gasteiger partial charge in [0.1, 0.15) is 23.5 Å². The Balaban J connectivity index is 1.92. The van der Waals surface area contributed by atoms with Crippen molar-refractivity contribution in [3.63, 3.8) is 0 Å². The predicted octanol–water partition coefficient (Wildman–Crippen LogP) is 0.0868. The van der Waals surface area contributed by atoms with Crippen LogP contribution in [0.15, 0.2) is 0 Å². The van der Waals surface area contributed by atoms with Crippen LogP contribution in [-0.4, -0.2) is 52.8 Å². The number of hydrogen-bond donors (Lipinski definition) is 1. The van der Waals surface area contributed by atoms with E-state index in [4.69, 9.17) is 14.3 Å². The van der Waals surface area contributed by atoms with Gasteiger partial charge in [-0.15, -0.1) is 5.06 Å². The molecule has 0 aromatic rings. The zero-order chi connectivity index (χ0) is 17.2. The number of nitrogens with zero attached hydrogens (tertiary/aromatic N) is 1. The number of ether oxygens (including phenoxy) is 2. The number of epoxide rings is 1. The number of piperidine rings is 1. The molecule has 1 N–H and O–H groups in total. The Labute approximate surface area is 140 Å². The SMILES string of the molecule is CC(C)(C)OC(=O)NC(CC[SH2+])C(=O)ON1C(=O)CCC2OC21. The first-order chi connectivity index (χ1) is 10.7. The minimum absolute atomic E-state index is 0.0615. The normalized spacial score (nSPS) is 24.5. The first-order valence-electron chi connectivity index (χ1n) is 7.54. The molecule has 0 saturated carbocycles. The third kappa shape index (κ3) is 5.00. The fraction of sp³-hybridized carbons (Fsp3) is 0.786. The Hall–Kier alpha value is -1.48. The molecule has 2 aliphatic heterocycles. The van der Waals surface area contributed by atoms with Gasteiger partial charge in [0.25, 0.3) is 5.91 Å². The molecular weight excluding hydrogens is 324 g/mol. The van der Waals surface area contributed by atoms with Crippen LogP contribution in [0.4, 0.5) is 4.79 Å². The van der Waals surface area contributed by atoms with E-state index in [1.807, 2.05) is 0 Å². The summed E-state index contributed by atoms with van der Waals surface area (Å²) in [5.74, 6) is -0.559. The van der Waals surface area contributed by atoms with Gasteiger partial charge in [-0.25, -0.2) is 9.59 Å². The van der Waals surface area contributed by atoms with Crippen LogP contribution in [0.2, 0.25) is 0 Å². The lowest BCUT2D eigenvalue weighted by Gasteiger charge is -2.25. The average molecular weight is 347 g/mol. The van der Waals surface area contributed by atoms with Crippen LogP contribution in [0.3, 0.4) is 0 Å². The molecule has 23 heavy (non-hydrogen) atoms. The molecule has 0 aliphatic carbocycles. The van der Waals surface area contributed by atoms with Crippen molar-refractivity contribution in [1.82, 2.24) is 10.4 Å². The number of rotatable bonds is 5. The highest BCUT2D eigenvalue weighted by atomic mass is 32.1. The Morgan fingerprint density at radius 1 is 1.48 bits per heavy atom. The van der Waals surface area contributed by atoms with Crippen molar-refractivity contribution < 1.29 is 28.7 Å². The molecule has 2 heterocycles. The van der Waals surface area contributed by atoms with Gasteiger partial charge in [0.2, 0.25) is 0 Å². The summed E-state index contributed by atoms with van der Waals surface area (Å²) in [5.41, 5.74) is -0.676. The van der Waals surface area contributed by atoms with E-state index >= 15 is 0 Å². The van der Waals surface area contributed by atoms with Gasteiger partial charge in [0.05, 0.1) is 0 Å². The third-order valence-corrected chi connectivity index (χ3v) is 3.56. The van der Waals surface area contributed by atoms with E-state index < -0.39 is 29.9 Å². The molecule has 9 heteroatoms. The summed E-state index contributed by atoms with van der Waals surface area (Å²) in [7, 11) is 0. The van der Waals surface area contributed by atoms with Crippen LogP contribution in [-0.2, 0) is 36.5 Å². The summed E-state index contributed by atoms with van der Waals surface area (Å²) in [6, 6.07) is -0.922. The molecule has 130 valence electrons. The highest BCUT2D eigenvalue weighted by Gasteiger charge is 2.52. The minimum atomic E-state index is -0.922. The van der Waals surface area contributed by atoms with Crippen LogP contribution < -0.4 is 5.32 Å². The molecule has 8 nitrogen and oxygen atoms in total. The molecule has 2 saturated heterocycles. The van der Waals surface area contributed by atoms with Crippen molar-refractivity contribution in [3.8, 4) is 0 Å². The molecular formula is C14H23N2O6S+. The summed E-state index contributed by atoms with van der Waals surface area (Å²) < 4.78 is 10.4. The molecule has 2 rings (SSSR count). The molecule has 3 atom stereocenters. The number of carbonyl (C=O) groups excluding carboxylic acids is 3. The third-order valence-electron chi connectivity index (χ3n) is 3.27. The summed E-state index contributed by atoms with van der Waals surface area (Å²) >= 11 is 3.27. The molecule has 2 aliphatic rings. The number of nitrogens with one attached hydrogen (secondary N) is 1. The second kappa shape index (κ2) is 6.96. The monoisotopic (exact) mass is 347 g/mol. The minimum Gasteiger partial charge on any atom is -0.444 e. The average Bonchev–Trinajstić information content (AvgIpc) is 3.19. The van der Waals surface area contributed by atoms with Gasteiger partial charge in [0, 0.05) is 12.8 Å². The van der Waals surface area contributed by atoms with Crippen molar-refractivity contribution in [1.29, 1.82) is 0 Å². The maximum absolute atomic E-state index is 12.2. The predicted molar refractivity (Wildman–Crippen MR) is 83.6 cm³/mol. The van der Waals surface area contributed by atoms with Crippen LogP contribution in [0.25, 0.3) is 0 Å². The zero-order valence-electron chi connectivity index (χ0n) is 13.5. The quantitative estimate of drug-likeness (QED) is 0.559. The standard InChI is InChI=1S/C14H22N2O6S/c1-14(2,3)21-13(19)15-8(6-7-23)12(18)22-16-10(17)5-4-9-11(16)20-9/h8-9,11,23H,4-7H2,1-3H3,(H,15,19)/p+1. The number of hydroxylamine groups is 2. The molecule has 0 aromatic carbocycles. The summed E-state index contributed by atoms with van der Waals surface area (Å²) in [6.45, 7) is 5.17. The molecule has 3 unspecified atom stereocenters. The van der Waals surface area contributed by atoms with E-state index in [2.05, 4.69) is 17.9 Å². The molecule has 0 aromatic heterocycles.